The first-order valence-corrected chi connectivity index (χ1v) is 8.30. The van der Waals surface area contributed by atoms with Gasteiger partial charge in [0.2, 0.25) is 0 Å². The van der Waals surface area contributed by atoms with Crippen LogP contribution < -0.4 is 5.73 Å². The first-order chi connectivity index (χ1) is 10.8. The number of rotatable bonds is 4. The van der Waals surface area contributed by atoms with E-state index >= 15 is 0 Å². The SMILES string of the molecule is Cc1ccccc1[C@@H]1CCN(Cc2ccccc2)C[C@@H]1CN. The molecule has 1 aliphatic heterocycles. The first-order valence-electron chi connectivity index (χ1n) is 8.30. The van der Waals surface area contributed by atoms with Gasteiger partial charge in [-0.1, -0.05) is 54.6 Å². The molecule has 0 unspecified atom stereocenters. The van der Waals surface area contributed by atoms with Crippen LogP contribution in [0.3, 0.4) is 0 Å². The van der Waals surface area contributed by atoms with E-state index in [4.69, 9.17) is 5.73 Å². The van der Waals surface area contributed by atoms with Crippen molar-refractivity contribution in [3.05, 3.63) is 71.3 Å². The second-order valence-electron chi connectivity index (χ2n) is 6.47. The monoisotopic (exact) mass is 294 g/mol. The van der Waals surface area contributed by atoms with Gasteiger partial charge in [0.15, 0.2) is 0 Å². The zero-order chi connectivity index (χ0) is 15.4. The second kappa shape index (κ2) is 7.08. The Hall–Kier alpha value is -1.64. The van der Waals surface area contributed by atoms with Crippen molar-refractivity contribution in [3.63, 3.8) is 0 Å². The van der Waals surface area contributed by atoms with E-state index in [-0.39, 0.29) is 0 Å². The number of aryl methyl sites for hydroxylation is 1. The molecule has 3 rings (SSSR count). The quantitative estimate of drug-likeness (QED) is 0.934. The molecule has 0 bridgehead atoms. The molecule has 0 aliphatic carbocycles. The molecule has 2 atom stereocenters. The summed E-state index contributed by atoms with van der Waals surface area (Å²) >= 11 is 0. The van der Waals surface area contributed by atoms with E-state index in [1.807, 2.05) is 0 Å². The van der Waals surface area contributed by atoms with Crippen molar-refractivity contribution < 1.29 is 0 Å². The highest BCUT2D eigenvalue weighted by Gasteiger charge is 2.30. The van der Waals surface area contributed by atoms with Gasteiger partial charge in [0.05, 0.1) is 0 Å². The predicted octanol–water partition coefficient (Wildman–Crippen LogP) is 3.56. The van der Waals surface area contributed by atoms with E-state index in [1.165, 1.54) is 23.1 Å². The Kier molecular flexibility index (Phi) is 4.91. The zero-order valence-electron chi connectivity index (χ0n) is 13.4. The normalized spacial score (nSPS) is 22.6. The average Bonchev–Trinajstić information content (AvgIpc) is 2.56. The third kappa shape index (κ3) is 3.40. The maximum Gasteiger partial charge on any atom is 0.0233 e. The van der Waals surface area contributed by atoms with Crippen LogP contribution >= 0.6 is 0 Å². The number of nitrogens with zero attached hydrogens (tertiary/aromatic N) is 1. The van der Waals surface area contributed by atoms with Crippen molar-refractivity contribution in [3.8, 4) is 0 Å². The Labute approximate surface area is 134 Å². The molecule has 0 saturated carbocycles. The smallest absolute Gasteiger partial charge is 0.0233 e. The lowest BCUT2D eigenvalue weighted by Gasteiger charge is -2.39. The third-order valence-electron chi connectivity index (χ3n) is 4.96. The van der Waals surface area contributed by atoms with Crippen molar-refractivity contribution in [1.29, 1.82) is 0 Å². The standard InChI is InChI=1S/C20H26N2/c1-16-7-5-6-10-19(16)20-11-12-22(15-18(20)13-21)14-17-8-3-2-4-9-17/h2-10,18,20H,11-15,21H2,1H3/t18-,20+/m0/s1. The molecule has 0 aromatic heterocycles. The summed E-state index contributed by atoms with van der Waals surface area (Å²) in [5.41, 5.74) is 10.4. The summed E-state index contributed by atoms with van der Waals surface area (Å²) in [6.45, 7) is 6.29. The molecular weight excluding hydrogens is 268 g/mol. The zero-order valence-corrected chi connectivity index (χ0v) is 13.4. The topological polar surface area (TPSA) is 29.3 Å². The molecule has 116 valence electrons. The lowest BCUT2D eigenvalue weighted by atomic mass is 9.79. The minimum Gasteiger partial charge on any atom is -0.330 e. The highest BCUT2D eigenvalue weighted by molar-refractivity contribution is 5.30. The van der Waals surface area contributed by atoms with Gasteiger partial charge in [-0.2, -0.15) is 0 Å². The van der Waals surface area contributed by atoms with Crippen LogP contribution in [0.4, 0.5) is 0 Å². The molecule has 2 aromatic carbocycles. The summed E-state index contributed by atoms with van der Waals surface area (Å²) in [7, 11) is 0. The molecular formula is C20H26N2. The Morgan fingerprint density at radius 2 is 1.77 bits per heavy atom. The number of hydrogen-bond donors (Lipinski definition) is 1. The van der Waals surface area contributed by atoms with Gasteiger partial charge in [-0.15, -0.1) is 0 Å². The fraction of sp³-hybridized carbons (Fsp3) is 0.400. The summed E-state index contributed by atoms with van der Waals surface area (Å²) in [5, 5.41) is 0. The number of piperidine rings is 1. The lowest BCUT2D eigenvalue weighted by Crippen LogP contribution is -2.42. The summed E-state index contributed by atoms with van der Waals surface area (Å²) in [6.07, 6.45) is 1.21. The molecule has 22 heavy (non-hydrogen) atoms. The summed E-state index contributed by atoms with van der Waals surface area (Å²) < 4.78 is 0. The van der Waals surface area contributed by atoms with Crippen LogP contribution in [-0.2, 0) is 6.54 Å². The second-order valence-corrected chi connectivity index (χ2v) is 6.47. The third-order valence-corrected chi connectivity index (χ3v) is 4.96. The van der Waals surface area contributed by atoms with E-state index < -0.39 is 0 Å². The molecule has 2 nitrogen and oxygen atoms in total. The van der Waals surface area contributed by atoms with E-state index in [2.05, 4.69) is 66.4 Å². The highest BCUT2D eigenvalue weighted by atomic mass is 15.1. The van der Waals surface area contributed by atoms with E-state index in [9.17, 15) is 0 Å². The molecule has 1 heterocycles. The van der Waals surface area contributed by atoms with Crippen LogP contribution in [0.25, 0.3) is 0 Å². The minimum absolute atomic E-state index is 0.554. The minimum atomic E-state index is 0.554. The molecule has 1 aliphatic rings. The molecule has 1 saturated heterocycles. The Bertz CT molecular complexity index is 594. The van der Waals surface area contributed by atoms with Gasteiger partial charge in [-0.3, -0.25) is 4.90 Å². The van der Waals surface area contributed by atoms with Gasteiger partial charge >= 0.3 is 0 Å². The molecule has 0 spiro atoms. The molecule has 1 fully saturated rings. The van der Waals surface area contributed by atoms with Crippen molar-refractivity contribution in [2.45, 2.75) is 25.8 Å². The Balaban J connectivity index is 1.70. The largest absolute Gasteiger partial charge is 0.330 e. The fourth-order valence-corrected chi connectivity index (χ4v) is 3.74. The van der Waals surface area contributed by atoms with Crippen LogP contribution in [0, 0.1) is 12.8 Å². The number of hydrogen-bond acceptors (Lipinski definition) is 2. The van der Waals surface area contributed by atoms with Crippen LogP contribution in [0.5, 0.6) is 0 Å². The Morgan fingerprint density at radius 3 is 2.50 bits per heavy atom. The molecule has 2 aromatic rings. The Morgan fingerprint density at radius 1 is 1.05 bits per heavy atom. The van der Waals surface area contributed by atoms with E-state index in [1.54, 1.807) is 0 Å². The van der Waals surface area contributed by atoms with Gasteiger partial charge in [-0.25, -0.2) is 0 Å². The van der Waals surface area contributed by atoms with Crippen molar-refractivity contribution in [2.24, 2.45) is 11.7 Å². The van der Waals surface area contributed by atoms with Crippen molar-refractivity contribution in [1.82, 2.24) is 4.90 Å². The number of nitrogens with two attached hydrogens (primary N) is 1. The highest BCUT2D eigenvalue weighted by Crippen LogP contribution is 2.34. The number of benzene rings is 2. The van der Waals surface area contributed by atoms with Gasteiger partial charge in [0.25, 0.3) is 0 Å². The average molecular weight is 294 g/mol. The van der Waals surface area contributed by atoms with Crippen LogP contribution in [0.1, 0.15) is 29.0 Å². The maximum atomic E-state index is 6.11. The summed E-state index contributed by atoms with van der Waals surface area (Å²) in [4.78, 5) is 2.56. The van der Waals surface area contributed by atoms with Crippen molar-refractivity contribution >= 4 is 0 Å². The van der Waals surface area contributed by atoms with E-state index in [0.717, 1.165) is 26.2 Å². The molecule has 2 N–H and O–H groups in total. The van der Waals surface area contributed by atoms with Crippen LogP contribution in [-0.4, -0.2) is 24.5 Å². The fourth-order valence-electron chi connectivity index (χ4n) is 3.74. The first kappa shape index (κ1) is 15.3. The summed E-state index contributed by atoms with van der Waals surface area (Å²) in [6, 6.07) is 19.5. The van der Waals surface area contributed by atoms with E-state index in [0.29, 0.717) is 11.8 Å². The van der Waals surface area contributed by atoms with Gasteiger partial charge in [-0.05, 0) is 55.0 Å². The molecule has 0 amide bonds. The number of likely N-dealkylation sites (tertiary alicyclic amines) is 1. The van der Waals surface area contributed by atoms with Crippen LogP contribution in [0.15, 0.2) is 54.6 Å². The van der Waals surface area contributed by atoms with Crippen LogP contribution in [0.2, 0.25) is 0 Å². The van der Waals surface area contributed by atoms with Gasteiger partial charge < -0.3 is 5.73 Å². The maximum absolute atomic E-state index is 6.11. The molecule has 0 radical (unpaired) electrons. The summed E-state index contributed by atoms with van der Waals surface area (Å²) in [5.74, 6) is 1.16. The van der Waals surface area contributed by atoms with Gasteiger partial charge in [0.1, 0.15) is 0 Å². The molecule has 2 heteroatoms. The predicted molar refractivity (Wildman–Crippen MR) is 92.8 cm³/mol. The lowest BCUT2D eigenvalue weighted by molar-refractivity contribution is 0.150. The van der Waals surface area contributed by atoms with Crippen molar-refractivity contribution in [2.75, 3.05) is 19.6 Å². The van der Waals surface area contributed by atoms with Gasteiger partial charge in [0, 0.05) is 13.1 Å².